The number of anilines is 1. The zero-order valence-electron chi connectivity index (χ0n) is 10.8. The third-order valence-electron chi connectivity index (χ3n) is 2.59. The standard InChI is InChI=1S/C15H11F3N2O/c16-15(17,18)12-3-1-2-11(10-12)4-5-14(21)20-13-6-8-19-9-7-13/h1-10H,(H,19,20,21)/b5-4+. The van der Waals surface area contributed by atoms with Crippen molar-refractivity contribution in [1.82, 2.24) is 4.98 Å². The Kier molecular flexibility index (Phi) is 4.37. The highest BCUT2D eigenvalue weighted by Crippen LogP contribution is 2.29. The molecule has 0 radical (unpaired) electrons. The summed E-state index contributed by atoms with van der Waals surface area (Å²) < 4.78 is 37.6. The van der Waals surface area contributed by atoms with Crippen molar-refractivity contribution >= 4 is 17.7 Å². The van der Waals surface area contributed by atoms with Gasteiger partial charge in [-0.1, -0.05) is 12.1 Å². The molecule has 0 bridgehead atoms. The second-order valence-corrected chi connectivity index (χ2v) is 4.18. The van der Waals surface area contributed by atoms with Gasteiger partial charge in [0.25, 0.3) is 0 Å². The number of benzene rings is 1. The van der Waals surface area contributed by atoms with E-state index in [2.05, 4.69) is 10.3 Å². The van der Waals surface area contributed by atoms with Crippen LogP contribution in [0.15, 0.2) is 54.9 Å². The van der Waals surface area contributed by atoms with Crippen molar-refractivity contribution in [3.8, 4) is 0 Å². The minimum atomic E-state index is -4.40. The number of nitrogens with one attached hydrogen (secondary N) is 1. The number of carbonyl (C=O) groups excluding carboxylic acids is 1. The van der Waals surface area contributed by atoms with Gasteiger partial charge in [-0.05, 0) is 35.9 Å². The van der Waals surface area contributed by atoms with Crippen LogP contribution in [0.1, 0.15) is 11.1 Å². The molecule has 0 spiro atoms. The Balaban J connectivity index is 2.06. The van der Waals surface area contributed by atoms with Gasteiger partial charge in [0.05, 0.1) is 5.56 Å². The number of aromatic nitrogens is 1. The van der Waals surface area contributed by atoms with E-state index in [-0.39, 0.29) is 0 Å². The lowest BCUT2D eigenvalue weighted by Crippen LogP contribution is -2.07. The number of hydrogen-bond acceptors (Lipinski definition) is 2. The summed E-state index contributed by atoms with van der Waals surface area (Å²) in [5.41, 5.74) is 0.109. The first-order valence-corrected chi connectivity index (χ1v) is 6.01. The summed E-state index contributed by atoms with van der Waals surface area (Å²) in [6, 6.07) is 7.96. The summed E-state index contributed by atoms with van der Waals surface area (Å²) >= 11 is 0. The molecule has 0 fully saturated rings. The first kappa shape index (κ1) is 14.8. The van der Waals surface area contributed by atoms with Gasteiger partial charge >= 0.3 is 6.18 Å². The molecule has 1 amide bonds. The maximum atomic E-state index is 12.5. The maximum absolute atomic E-state index is 12.5. The average molecular weight is 292 g/mol. The number of rotatable bonds is 3. The van der Waals surface area contributed by atoms with Gasteiger partial charge in [0, 0.05) is 24.2 Å². The van der Waals surface area contributed by atoms with Crippen LogP contribution in [-0.2, 0) is 11.0 Å². The quantitative estimate of drug-likeness (QED) is 0.875. The van der Waals surface area contributed by atoms with E-state index >= 15 is 0 Å². The molecule has 1 N–H and O–H groups in total. The van der Waals surface area contributed by atoms with Gasteiger partial charge in [0.1, 0.15) is 0 Å². The van der Waals surface area contributed by atoms with Crippen LogP contribution in [0.2, 0.25) is 0 Å². The molecule has 0 unspecified atom stereocenters. The highest BCUT2D eigenvalue weighted by molar-refractivity contribution is 6.01. The van der Waals surface area contributed by atoms with Gasteiger partial charge < -0.3 is 5.32 Å². The molecule has 21 heavy (non-hydrogen) atoms. The lowest BCUT2D eigenvalue weighted by atomic mass is 10.1. The molecule has 0 aliphatic carbocycles. The molecule has 0 aliphatic heterocycles. The first-order valence-electron chi connectivity index (χ1n) is 6.01. The Morgan fingerprint density at radius 3 is 2.52 bits per heavy atom. The van der Waals surface area contributed by atoms with Crippen molar-refractivity contribution < 1.29 is 18.0 Å². The fraction of sp³-hybridized carbons (Fsp3) is 0.0667. The maximum Gasteiger partial charge on any atom is 0.416 e. The van der Waals surface area contributed by atoms with Crippen molar-refractivity contribution in [3.63, 3.8) is 0 Å². The van der Waals surface area contributed by atoms with Crippen molar-refractivity contribution in [3.05, 3.63) is 66.0 Å². The molecule has 1 aromatic heterocycles. The zero-order valence-corrected chi connectivity index (χ0v) is 10.8. The van der Waals surface area contributed by atoms with E-state index < -0.39 is 17.6 Å². The number of amides is 1. The zero-order chi connectivity index (χ0) is 15.3. The number of halogens is 3. The van der Waals surface area contributed by atoms with Gasteiger partial charge in [-0.3, -0.25) is 9.78 Å². The molecular formula is C15H11F3N2O. The number of nitrogens with zero attached hydrogens (tertiary/aromatic N) is 1. The van der Waals surface area contributed by atoms with Gasteiger partial charge in [0.15, 0.2) is 0 Å². The number of hydrogen-bond donors (Lipinski definition) is 1. The summed E-state index contributed by atoms with van der Waals surface area (Å²) in [6.45, 7) is 0. The summed E-state index contributed by atoms with van der Waals surface area (Å²) in [5.74, 6) is -0.432. The minimum Gasteiger partial charge on any atom is -0.322 e. The van der Waals surface area contributed by atoms with Crippen LogP contribution in [0.5, 0.6) is 0 Å². The average Bonchev–Trinajstić information content (AvgIpc) is 2.46. The highest BCUT2D eigenvalue weighted by atomic mass is 19.4. The predicted molar refractivity (Wildman–Crippen MR) is 73.3 cm³/mol. The van der Waals surface area contributed by atoms with E-state index in [1.54, 1.807) is 12.1 Å². The molecule has 1 heterocycles. The normalized spacial score (nSPS) is 11.6. The summed E-state index contributed by atoms with van der Waals surface area (Å²) in [6.07, 6.45) is 1.14. The summed E-state index contributed by atoms with van der Waals surface area (Å²) in [7, 11) is 0. The van der Waals surface area contributed by atoms with Crippen LogP contribution in [0, 0.1) is 0 Å². The Morgan fingerprint density at radius 1 is 1.14 bits per heavy atom. The molecule has 2 rings (SSSR count). The second kappa shape index (κ2) is 6.21. The number of pyridine rings is 1. The lowest BCUT2D eigenvalue weighted by molar-refractivity contribution is -0.137. The van der Waals surface area contributed by atoms with Crippen LogP contribution in [0.4, 0.5) is 18.9 Å². The molecular weight excluding hydrogens is 281 g/mol. The van der Waals surface area contributed by atoms with Crippen LogP contribution < -0.4 is 5.32 Å². The fourth-order valence-electron chi connectivity index (χ4n) is 1.61. The summed E-state index contributed by atoms with van der Waals surface area (Å²) in [5, 5.41) is 2.57. The van der Waals surface area contributed by atoms with Crippen molar-refractivity contribution in [2.24, 2.45) is 0 Å². The minimum absolute atomic E-state index is 0.301. The Hall–Kier alpha value is -2.63. The van der Waals surface area contributed by atoms with Gasteiger partial charge in [-0.2, -0.15) is 13.2 Å². The molecule has 0 saturated heterocycles. The lowest BCUT2D eigenvalue weighted by Gasteiger charge is -2.06. The topological polar surface area (TPSA) is 42.0 Å². The molecule has 0 atom stereocenters. The monoisotopic (exact) mass is 292 g/mol. The van der Waals surface area contributed by atoms with E-state index in [1.807, 2.05) is 0 Å². The van der Waals surface area contributed by atoms with Crippen LogP contribution in [0.3, 0.4) is 0 Å². The smallest absolute Gasteiger partial charge is 0.322 e. The van der Waals surface area contributed by atoms with E-state index in [1.165, 1.54) is 36.7 Å². The van der Waals surface area contributed by atoms with E-state index in [9.17, 15) is 18.0 Å². The number of alkyl halides is 3. The molecule has 3 nitrogen and oxygen atoms in total. The van der Waals surface area contributed by atoms with Gasteiger partial charge in [0.2, 0.25) is 5.91 Å². The van der Waals surface area contributed by atoms with Crippen LogP contribution in [0.25, 0.3) is 6.08 Å². The predicted octanol–water partition coefficient (Wildman–Crippen LogP) is 3.75. The highest BCUT2D eigenvalue weighted by Gasteiger charge is 2.30. The molecule has 1 aromatic carbocycles. The molecule has 108 valence electrons. The molecule has 2 aromatic rings. The van der Waals surface area contributed by atoms with Crippen molar-refractivity contribution in [2.45, 2.75) is 6.18 Å². The van der Waals surface area contributed by atoms with E-state index in [0.717, 1.165) is 12.1 Å². The van der Waals surface area contributed by atoms with E-state index in [4.69, 9.17) is 0 Å². The Labute approximate surface area is 119 Å². The Morgan fingerprint density at radius 2 is 1.86 bits per heavy atom. The fourth-order valence-corrected chi connectivity index (χ4v) is 1.61. The van der Waals surface area contributed by atoms with E-state index in [0.29, 0.717) is 11.3 Å². The molecule has 6 heteroatoms. The van der Waals surface area contributed by atoms with Crippen molar-refractivity contribution in [2.75, 3.05) is 5.32 Å². The van der Waals surface area contributed by atoms with Gasteiger partial charge in [-0.25, -0.2) is 0 Å². The second-order valence-electron chi connectivity index (χ2n) is 4.18. The van der Waals surface area contributed by atoms with Crippen LogP contribution in [-0.4, -0.2) is 10.9 Å². The third-order valence-corrected chi connectivity index (χ3v) is 2.59. The molecule has 0 saturated carbocycles. The Bertz CT molecular complexity index is 651. The SMILES string of the molecule is O=C(/C=C/c1cccc(C(F)(F)F)c1)Nc1ccncc1. The first-order chi connectivity index (χ1) is 9.95. The summed E-state index contributed by atoms with van der Waals surface area (Å²) in [4.78, 5) is 15.4. The largest absolute Gasteiger partial charge is 0.416 e. The van der Waals surface area contributed by atoms with Crippen LogP contribution >= 0.6 is 0 Å². The van der Waals surface area contributed by atoms with Crippen molar-refractivity contribution in [1.29, 1.82) is 0 Å². The number of carbonyl (C=O) groups is 1. The van der Waals surface area contributed by atoms with Gasteiger partial charge in [-0.15, -0.1) is 0 Å². The third kappa shape index (κ3) is 4.45. The molecule has 0 aliphatic rings.